The average molecular weight is 328 g/mol. The Bertz CT molecular complexity index is 560. The number of amides is 2. The summed E-state index contributed by atoms with van der Waals surface area (Å²) >= 11 is 5.69. The standard InChI is InChI=1S/C15H19ClFN3O2/c1-18-5-4-14(21)19-6-8-20(9-7-19)15(22)12-3-2-11(16)10-13(12)17/h2-3,10,18H,4-9H2,1H3. The van der Waals surface area contributed by atoms with E-state index in [0.717, 1.165) is 6.07 Å². The summed E-state index contributed by atoms with van der Waals surface area (Å²) in [4.78, 5) is 27.5. The van der Waals surface area contributed by atoms with Gasteiger partial charge in [0.2, 0.25) is 5.91 Å². The predicted molar refractivity (Wildman–Crippen MR) is 82.4 cm³/mol. The monoisotopic (exact) mass is 327 g/mol. The van der Waals surface area contributed by atoms with Gasteiger partial charge in [-0.1, -0.05) is 11.6 Å². The van der Waals surface area contributed by atoms with Crippen molar-refractivity contribution in [2.45, 2.75) is 6.42 Å². The Balaban J connectivity index is 1.93. The summed E-state index contributed by atoms with van der Waals surface area (Å²) < 4.78 is 13.8. The fourth-order valence-corrected chi connectivity index (χ4v) is 2.54. The molecule has 1 aliphatic heterocycles. The van der Waals surface area contributed by atoms with Crippen molar-refractivity contribution in [1.82, 2.24) is 15.1 Å². The van der Waals surface area contributed by atoms with Crippen molar-refractivity contribution in [3.8, 4) is 0 Å². The highest BCUT2D eigenvalue weighted by Crippen LogP contribution is 2.17. The van der Waals surface area contributed by atoms with Gasteiger partial charge in [-0.25, -0.2) is 4.39 Å². The number of hydrogen-bond donors (Lipinski definition) is 1. The minimum atomic E-state index is -0.620. The predicted octanol–water partition coefficient (Wildman–Crippen LogP) is 1.37. The zero-order valence-electron chi connectivity index (χ0n) is 12.4. The highest BCUT2D eigenvalue weighted by atomic mass is 35.5. The third-order valence-electron chi connectivity index (χ3n) is 3.67. The summed E-state index contributed by atoms with van der Waals surface area (Å²) in [6.45, 7) is 2.40. The van der Waals surface area contributed by atoms with Crippen LogP contribution in [-0.4, -0.2) is 61.4 Å². The largest absolute Gasteiger partial charge is 0.339 e. The van der Waals surface area contributed by atoms with E-state index in [-0.39, 0.29) is 22.4 Å². The van der Waals surface area contributed by atoms with Crippen LogP contribution >= 0.6 is 11.6 Å². The Labute approximate surface area is 134 Å². The average Bonchev–Trinajstić information content (AvgIpc) is 2.52. The highest BCUT2D eigenvalue weighted by molar-refractivity contribution is 6.30. The molecule has 22 heavy (non-hydrogen) atoms. The van der Waals surface area contributed by atoms with Crippen molar-refractivity contribution in [1.29, 1.82) is 0 Å². The fraction of sp³-hybridized carbons (Fsp3) is 0.467. The van der Waals surface area contributed by atoms with Crippen LogP contribution in [0.25, 0.3) is 0 Å². The van der Waals surface area contributed by atoms with Crippen molar-refractivity contribution in [2.24, 2.45) is 0 Å². The van der Waals surface area contributed by atoms with Crippen LogP contribution in [0.15, 0.2) is 18.2 Å². The van der Waals surface area contributed by atoms with Gasteiger partial charge in [0, 0.05) is 44.2 Å². The summed E-state index contributed by atoms with van der Waals surface area (Å²) in [5.41, 5.74) is 0.0133. The molecule has 2 rings (SSSR count). The SMILES string of the molecule is CNCCC(=O)N1CCN(C(=O)c2ccc(Cl)cc2F)CC1. The molecule has 5 nitrogen and oxygen atoms in total. The van der Waals surface area contributed by atoms with E-state index in [1.165, 1.54) is 12.1 Å². The Hall–Kier alpha value is -1.66. The van der Waals surface area contributed by atoms with Gasteiger partial charge in [-0.05, 0) is 25.2 Å². The van der Waals surface area contributed by atoms with Gasteiger partial charge >= 0.3 is 0 Å². The maximum atomic E-state index is 13.8. The molecule has 7 heteroatoms. The van der Waals surface area contributed by atoms with Gasteiger partial charge in [-0.2, -0.15) is 0 Å². The zero-order valence-corrected chi connectivity index (χ0v) is 13.2. The molecule has 0 atom stereocenters. The molecule has 1 saturated heterocycles. The van der Waals surface area contributed by atoms with E-state index in [1.807, 2.05) is 0 Å². The van der Waals surface area contributed by atoms with Crippen LogP contribution in [0.1, 0.15) is 16.8 Å². The van der Waals surface area contributed by atoms with E-state index in [9.17, 15) is 14.0 Å². The molecule has 1 heterocycles. The summed E-state index contributed by atoms with van der Waals surface area (Å²) in [5, 5.41) is 3.19. The molecule has 2 amide bonds. The van der Waals surface area contributed by atoms with Crippen molar-refractivity contribution in [3.05, 3.63) is 34.6 Å². The molecule has 0 saturated carbocycles. The molecule has 0 aromatic heterocycles. The molecule has 1 aromatic rings. The van der Waals surface area contributed by atoms with E-state index in [2.05, 4.69) is 5.32 Å². The minimum Gasteiger partial charge on any atom is -0.339 e. The van der Waals surface area contributed by atoms with Crippen LogP contribution in [0.4, 0.5) is 4.39 Å². The summed E-state index contributed by atoms with van der Waals surface area (Å²) in [6.07, 6.45) is 0.441. The van der Waals surface area contributed by atoms with Gasteiger partial charge in [-0.3, -0.25) is 9.59 Å². The van der Waals surface area contributed by atoms with Crippen molar-refractivity contribution in [2.75, 3.05) is 39.8 Å². The van der Waals surface area contributed by atoms with Crippen LogP contribution in [0.3, 0.4) is 0 Å². The van der Waals surface area contributed by atoms with Crippen molar-refractivity contribution in [3.63, 3.8) is 0 Å². The summed E-state index contributed by atoms with van der Waals surface area (Å²) in [7, 11) is 1.80. The van der Waals surface area contributed by atoms with Crippen LogP contribution in [-0.2, 0) is 4.79 Å². The second-order valence-corrected chi connectivity index (χ2v) is 5.59. The van der Waals surface area contributed by atoms with Crippen molar-refractivity contribution >= 4 is 23.4 Å². The first-order valence-electron chi connectivity index (χ1n) is 7.19. The number of carbonyl (C=O) groups excluding carboxylic acids is 2. The highest BCUT2D eigenvalue weighted by Gasteiger charge is 2.25. The van der Waals surface area contributed by atoms with Gasteiger partial charge in [0.1, 0.15) is 5.82 Å². The van der Waals surface area contributed by atoms with E-state index in [4.69, 9.17) is 11.6 Å². The second-order valence-electron chi connectivity index (χ2n) is 5.15. The smallest absolute Gasteiger partial charge is 0.256 e. The molecule has 1 N–H and O–H groups in total. The van der Waals surface area contributed by atoms with E-state index in [1.54, 1.807) is 16.8 Å². The molecular weight excluding hydrogens is 309 g/mol. The molecule has 0 unspecified atom stereocenters. The molecular formula is C15H19ClFN3O2. The topological polar surface area (TPSA) is 52.7 Å². The minimum absolute atomic E-state index is 0.0133. The molecule has 0 bridgehead atoms. The first kappa shape index (κ1) is 16.7. The number of halogens is 2. The van der Waals surface area contributed by atoms with Crippen molar-refractivity contribution < 1.29 is 14.0 Å². The maximum absolute atomic E-state index is 13.8. The summed E-state index contributed by atoms with van der Waals surface area (Å²) in [5.74, 6) is -0.916. The Morgan fingerprint density at radius 1 is 1.23 bits per heavy atom. The quantitative estimate of drug-likeness (QED) is 0.909. The number of nitrogens with one attached hydrogen (secondary N) is 1. The molecule has 120 valence electrons. The number of benzene rings is 1. The van der Waals surface area contributed by atoms with E-state index in [0.29, 0.717) is 39.1 Å². The Kier molecular flexibility index (Phi) is 5.74. The molecule has 1 fully saturated rings. The third kappa shape index (κ3) is 3.96. The van der Waals surface area contributed by atoms with Gasteiger partial charge in [-0.15, -0.1) is 0 Å². The van der Waals surface area contributed by atoms with Gasteiger partial charge < -0.3 is 15.1 Å². The number of piperazine rings is 1. The molecule has 1 aliphatic rings. The second kappa shape index (κ2) is 7.56. The number of rotatable bonds is 4. The zero-order chi connectivity index (χ0) is 16.1. The molecule has 0 radical (unpaired) electrons. The lowest BCUT2D eigenvalue weighted by Crippen LogP contribution is -2.51. The van der Waals surface area contributed by atoms with Crippen LogP contribution in [0, 0.1) is 5.82 Å². The van der Waals surface area contributed by atoms with E-state index >= 15 is 0 Å². The third-order valence-corrected chi connectivity index (χ3v) is 3.91. The van der Waals surface area contributed by atoms with Crippen LogP contribution in [0.5, 0.6) is 0 Å². The van der Waals surface area contributed by atoms with Gasteiger partial charge in [0.25, 0.3) is 5.91 Å². The fourth-order valence-electron chi connectivity index (χ4n) is 2.38. The Morgan fingerprint density at radius 2 is 1.86 bits per heavy atom. The molecule has 0 aliphatic carbocycles. The number of carbonyl (C=O) groups is 2. The molecule has 0 spiro atoms. The number of nitrogens with zero attached hydrogens (tertiary/aromatic N) is 2. The van der Waals surface area contributed by atoms with E-state index < -0.39 is 5.82 Å². The first-order valence-corrected chi connectivity index (χ1v) is 7.57. The summed E-state index contributed by atoms with van der Waals surface area (Å²) in [6, 6.07) is 4.02. The normalized spacial score (nSPS) is 15.0. The lowest BCUT2D eigenvalue weighted by atomic mass is 10.1. The van der Waals surface area contributed by atoms with Gasteiger partial charge in [0.15, 0.2) is 0 Å². The van der Waals surface area contributed by atoms with Crippen LogP contribution < -0.4 is 5.32 Å². The maximum Gasteiger partial charge on any atom is 0.256 e. The number of hydrogen-bond acceptors (Lipinski definition) is 3. The van der Waals surface area contributed by atoms with Gasteiger partial charge in [0.05, 0.1) is 5.56 Å². The Morgan fingerprint density at radius 3 is 2.45 bits per heavy atom. The first-order chi connectivity index (χ1) is 10.5. The lowest BCUT2D eigenvalue weighted by Gasteiger charge is -2.35. The lowest BCUT2D eigenvalue weighted by molar-refractivity contribution is -0.132. The van der Waals surface area contributed by atoms with Crippen LogP contribution in [0.2, 0.25) is 5.02 Å². The molecule has 1 aromatic carbocycles.